The summed E-state index contributed by atoms with van der Waals surface area (Å²) in [6.07, 6.45) is 9.27. The van der Waals surface area contributed by atoms with Crippen LogP contribution < -0.4 is 4.74 Å². The van der Waals surface area contributed by atoms with Gasteiger partial charge < -0.3 is 4.74 Å². The van der Waals surface area contributed by atoms with E-state index in [9.17, 15) is 0 Å². The van der Waals surface area contributed by atoms with Gasteiger partial charge in [-0.15, -0.1) is 0 Å². The van der Waals surface area contributed by atoms with Crippen LogP contribution in [0.1, 0.15) is 51.0 Å². The Morgan fingerprint density at radius 2 is 1.82 bits per heavy atom. The van der Waals surface area contributed by atoms with Crippen molar-refractivity contribution >= 4 is 0 Å². The van der Waals surface area contributed by atoms with Gasteiger partial charge in [-0.1, -0.05) is 38.3 Å². The molecule has 2 rings (SSSR count). The zero-order valence-corrected chi connectivity index (χ0v) is 11.0. The lowest BCUT2D eigenvalue weighted by Gasteiger charge is -2.06. The predicted molar refractivity (Wildman–Crippen MR) is 72.5 cm³/mol. The van der Waals surface area contributed by atoms with E-state index in [1.54, 1.807) is 0 Å². The van der Waals surface area contributed by atoms with Crippen molar-refractivity contribution in [2.24, 2.45) is 5.92 Å². The molecule has 0 radical (unpaired) electrons. The molecule has 1 saturated carbocycles. The summed E-state index contributed by atoms with van der Waals surface area (Å²) >= 11 is 0. The molecule has 1 nitrogen and oxygen atoms in total. The van der Waals surface area contributed by atoms with Crippen molar-refractivity contribution in [1.82, 2.24) is 0 Å². The van der Waals surface area contributed by atoms with E-state index >= 15 is 0 Å². The van der Waals surface area contributed by atoms with E-state index in [2.05, 4.69) is 31.2 Å². The highest BCUT2D eigenvalue weighted by atomic mass is 16.5. The van der Waals surface area contributed by atoms with Crippen LogP contribution in [0.25, 0.3) is 0 Å². The number of unbranched alkanes of at least 4 members (excludes halogenated alkanes) is 3. The van der Waals surface area contributed by atoms with Crippen LogP contribution in [-0.4, -0.2) is 6.61 Å². The Balaban J connectivity index is 1.68. The Kier molecular flexibility index (Phi) is 4.90. The summed E-state index contributed by atoms with van der Waals surface area (Å²) in [6.45, 7) is 3.17. The van der Waals surface area contributed by atoms with Gasteiger partial charge in [-0.05, 0) is 49.3 Å². The molecule has 0 spiro atoms. The van der Waals surface area contributed by atoms with Gasteiger partial charge in [-0.2, -0.15) is 0 Å². The smallest absolute Gasteiger partial charge is 0.119 e. The van der Waals surface area contributed by atoms with Crippen LogP contribution in [0.5, 0.6) is 5.75 Å². The van der Waals surface area contributed by atoms with Crippen LogP contribution in [0.2, 0.25) is 0 Å². The summed E-state index contributed by atoms with van der Waals surface area (Å²) in [5.41, 5.74) is 1.44. The molecule has 0 atom stereocenters. The highest BCUT2D eigenvalue weighted by Gasteiger charge is 2.21. The molecule has 0 unspecified atom stereocenters. The molecule has 94 valence electrons. The number of rotatable bonds is 8. The van der Waals surface area contributed by atoms with Crippen LogP contribution in [-0.2, 0) is 6.42 Å². The fraction of sp³-hybridized carbons (Fsp3) is 0.625. The third-order valence-electron chi connectivity index (χ3n) is 3.42. The van der Waals surface area contributed by atoms with Crippen molar-refractivity contribution in [3.8, 4) is 5.75 Å². The van der Waals surface area contributed by atoms with Gasteiger partial charge in [0.15, 0.2) is 0 Å². The van der Waals surface area contributed by atoms with Crippen LogP contribution in [0.3, 0.4) is 0 Å². The molecule has 1 aliphatic carbocycles. The summed E-state index contributed by atoms with van der Waals surface area (Å²) in [5, 5.41) is 0. The molecule has 1 aromatic carbocycles. The van der Waals surface area contributed by atoms with Gasteiger partial charge in [0.1, 0.15) is 5.75 Å². The first-order valence-corrected chi connectivity index (χ1v) is 7.10. The third-order valence-corrected chi connectivity index (χ3v) is 3.42. The second kappa shape index (κ2) is 6.68. The van der Waals surface area contributed by atoms with E-state index in [0.29, 0.717) is 0 Å². The van der Waals surface area contributed by atoms with Crippen molar-refractivity contribution in [3.63, 3.8) is 0 Å². The molecule has 0 bridgehead atoms. The lowest BCUT2D eigenvalue weighted by molar-refractivity contribution is 0.299. The van der Waals surface area contributed by atoms with Crippen LogP contribution in [0.4, 0.5) is 0 Å². The molecule has 1 aliphatic rings. The zero-order valence-electron chi connectivity index (χ0n) is 11.0. The van der Waals surface area contributed by atoms with Gasteiger partial charge in [-0.25, -0.2) is 0 Å². The number of hydrogen-bond donors (Lipinski definition) is 0. The fourth-order valence-corrected chi connectivity index (χ4v) is 2.01. The molecule has 0 saturated heterocycles. The van der Waals surface area contributed by atoms with Crippen molar-refractivity contribution in [3.05, 3.63) is 29.8 Å². The summed E-state index contributed by atoms with van der Waals surface area (Å²) in [6, 6.07) is 8.68. The van der Waals surface area contributed by atoms with Gasteiger partial charge in [-0.3, -0.25) is 0 Å². The predicted octanol–water partition coefficient (Wildman–Crippen LogP) is 4.60. The minimum absolute atomic E-state index is 0.837. The van der Waals surface area contributed by atoms with Gasteiger partial charge in [0.05, 0.1) is 6.61 Å². The third kappa shape index (κ3) is 4.80. The van der Waals surface area contributed by atoms with Crippen molar-refractivity contribution in [2.75, 3.05) is 6.61 Å². The minimum atomic E-state index is 0.837. The van der Waals surface area contributed by atoms with Gasteiger partial charge in [0.25, 0.3) is 0 Å². The van der Waals surface area contributed by atoms with E-state index in [4.69, 9.17) is 4.74 Å². The SMILES string of the molecule is CCCCCCc1ccc(OCC2CC2)cc1. The maximum atomic E-state index is 5.73. The van der Waals surface area contributed by atoms with Gasteiger partial charge >= 0.3 is 0 Å². The Morgan fingerprint density at radius 3 is 2.47 bits per heavy atom. The normalized spacial score (nSPS) is 14.9. The van der Waals surface area contributed by atoms with E-state index in [-0.39, 0.29) is 0 Å². The molecule has 1 aromatic rings. The van der Waals surface area contributed by atoms with Crippen molar-refractivity contribution < 1.29 is 4.74 Å². The maximum absolute atomic E-state index is 5.73. The van der Waals surface area contributed by atoms with Crippen LogP contribution in [0.15, 0.2) is 24.3 Å². The lowest BCUT2D eigenvalue weighted by Crippen LogP contribution is -1.98. The Hall–Kier alpha value is -0.980. The number of benzene rings is 1. The number of aryl methyl sites for hydroxylation is 1. The Bertz CT molecular complexity index is 311. The van der Waals surface area contributed by atoms with E-state index in [1.807, 2.05) is 0 Å². The average molecular weight is 232 g/mol. The topological polar surface area (TPSA) is 9.23 Å². The van der Waals surface area contributed by atoms with Gasteiger partial charge in [0, 0.05) is 0 Å². The van der Waals surface area contributed by atoms with Crippen LogP contribution in [0, 0.1) is 5.92 Å². The summed E-state index contributed by atoms with van der Waals surface area (Å²) in [7, 11) is 0. The molecule has 0 heterocycles. The van der Waals surface area contributed by atoms with Crippen molar-refractivity contribution in [1.29, 1.82) is 0 Å². The lowest BCUT2D eigenvalue weighted by atomic mass is 10.1. The summed E-state index contributed by atoms with van der Waals surface area (Å²) < 4.78 is 5.73. The van der Waals surface area contributed by atoms with Crippen LogP contribution >= 0.6 is 0 Å². The standard InChI is InChI=1S/C16H24O/c1-2-3-4-5-6-14-9-11-16(12-10-14)17-13-15-7-8-15/h9-12,15H,2-8,13H2,1H3. The first-order chi connectivity index (χ1) is 8.38. The van der Waals surface area contributed by atoms with E-state index in [0.717, 1.165) is 18.3 Å². The molecular weight excluding hydrogens is 208 g/mol. The minimum Gasteiger partial charge on any atom is -0.493 e. The molecule has 0 aliphatic heterocycles. The van der Waals surface area contributed by atoms with Gasteiger partial charge in [0.2, 0.25) is 0 Å². The Morgan fingerprint density at radius 1 is 1.06 bits per heavy atom. The average Bonchev–Trinajstić information content (AvgIpc) is 3.18. The Labute approximate surface area is 105 Å². The second-order valence-electron chi connectivity index (χ2n) is 5.21. The monoisotopic (exact) mass is 232 g/mol. The van der Waals surface area contributed by atoms with Crippen molar-refractivity contribution in [2.45, 2.75) is 51.9 Å². The highest BCUT2D eigenvalue weighted by Crippen LogP contribution is 2.29. The zero-order chi connectivity index (χ0) is 11.9. The second-order valence-corrected chi connectivity index (χ2v) is 5.21. The summed E-state index contributed by atoms with van der Waals surface area (Å²) in [4.78, 5) is 0. The quantitative estimate of drug-likeness (QED) is 0.595. The maximum Gasteiger partial charge on any atom is 0.119 e. The molecule has 0 aromatic heterocycles. The number of hydrogen-bond acceptors (Lipinski definition) is 1. The molecule has 0 N–H and O–H groups in total. The molecule has 0 amide bonds. The first kappa shape index (κ1) is 12.5. The number of ether oxygens (including phenoxy) is 1. The molecule has 17 heavy (non-hydrogen) atoms. The molecular formula is C16H24O. The largest absolute Gasteiger partial charge is 0.493 e. The summed E-state index contributed by atoms with van der Waals surface area (Å²) in [5.74, 6) is 1.87. The molecule has 1 heteroatoms. The van der Waals surface area contributed by atoms with E-state index < -0.39 is 0 Å². The molecule has 1 fully saturated rings. The van der Waals surface area contributed by atoms with E-state index in [1.165, 1.54) is 50.5 Å². The fourth-order valence-electron chi connectivity index (χ4n) is 2.01. The first-order valence-electron chi connectivity index (χ1n) is 7.10. The highest BCUT2D eigenvalue weighted by molar-refractivity contribution is 5.27.